The highest BCUT2D eigenvalue weighted by molar-refractivity contribution is 6.43. The van der Waals surface area contributed by atoms with Gasteiger partial charge in [0.2, 0.25) is 0 Å². The van der Waals surface area contributed by atoms with Crippen LogP contribution in [0.5, 0.6) is 0 Å². The lowest BCUT2D eigenvalue weighted by molar-refractivity contribution is 0.101. The van der Waals surface area contributed by atoms with Crippen molar-refractivity contribution in [1.82, 2.24) is 0 Å². The van der Waals surface area contributed by atoms with Crippen LogP contribution in [0.15, 0.2) is 66.7 Å². The van der Waals surface area contributed by atoms with Crippen LogP contribution in [0, 0.1) is 0 Å². The standard InChI is InChI=1S/C24H14Cl2O/c1-13(27)18-12-19(16-7-2-3-8-20(16)25)23-21(26)11-15-6-4-5-14-9-10-17(18)24(23)22(14)15/h2-12H,1H3. The molecule has 0 aliphatic rings. The molecule has 0 radical (unpaired) electrons. The maximum atomic E-state index is 12.5. The van der Waals surface area contributed by atoms with E-state index >= 15 is 0 Å². The van der Waals surface area contributed by atoms with E-state index in [1.165, 1.54) is 0 Å². The summed E-state index contributed by atoms with van der Waals surface area (Å²) in [4.78, 5) is 12.5. The zero-order valence-corrected chi connectivity index (χ0v) is 16.0. The third-order valence-corrected chi connectivity index (χ3v) is 5.87. The molecule has 0 aliphatic carbocycles. The molecular weight excluding hydrogens is 375 g/mol. The number of carbonyl (C=O) groups is 1. The largest absolute Gasteiger partial charge is 0.294 e. The molecule has 0 unspecified atom stereocenters. The van der Waals surface area contributed by atoms with Crippen molar-refractivity contribution in [3.05, 3.63) is 82.3 Å². The smallest absolute Gasteiger partial charge is 0.160 e. The monoisotopic (exact) mass is 388 g/mol. The molecule has 0 bridgehead atoms. The van der Waals surface area contributed by atoms with Crippen LogP contribution in [0.3, 0.4) is 0 Å². The molecule has 0 fully saturated rings. The Morgan fingerprint density at radius 3 is 2.26 bits per heavy atom. The zero-order valence-electron chi connectivity index (χ0n) is 14.5. The van der Waals surface area contributed by atoms with Gasteiger partial charge in [-0.3, -0.25) is 4.79 Å². The van der Waals surface area contributed by atoms with E-state index in [4.69, 9.17) is 23.2 Å². The van der Waals surface area contributed by atoms with E-state index < -0.39 is 0 Å². The summed E-state index contributed by atoms with van der Waals surface area (Å²) in [6.45, 7) is 1.60. The first-order chi connectivity index (χ1) is 13.1. The molecule has 1 nitrogen and oxygen atoms in total. The lowest BCUT2D eigenvalue weighted by atomic mass is 9.86. The quantitative estimate of drug-likeness (QED) is 0.223. The van der Waals surface area contributed by atoms with Crippen LogP contribution in [0.4, 0.5) is 0 Å². The second-order valence-electron chi connectivity index (χ2n) is 6.81. The number of carbonyl (C=O) groups excluding carboxylic acids is 1. The Morgan fingerprint density at radius 2 is 1.48 bits per heavy atom. The number of Topliss-reactive ketones (excluding diaryl/α,β-unsaturated/α-hetero) is 1. The second kappa shape index (κ2) is 5.95. The SMILES string of the molecule is CC(=O)c1cc(-c2ccccc2Cl)c2c(Cl)cc3cccc4ccc1c2c43. The van der Waals surface area contributed by atoms with E-state index in [1.54, 1.807) is 6.92 Å². The predicted molar refractivity (Wildman–Crippen MR) is 116 cm³/mol. The molecular formula is C24H14Cl2O. The molecule has 0 heterocycles. The van der Waals surface area contributed by atoms with Gasteiger partial charge in [-0.25, -0.2) is 0 Å². The van der Waals surface area contributed by atoms with Crippen molar-refractivity contribution in [1.29, 1.82) is 0 Å². The van der Waals surface area contributed by atoms with E-state index in [9.17, 15) is 4.79 Å². The van der Waals surface area contributed by atoms with Crippen LogP contribution >= 0.6 is 23.2 Å². The predicted octanol–water partition coefficient (Wildman–Crippen LogP) is 7.76. The molecule has 27 heavy (non-hydrogen) atoms. The van der Waals surface area contributed by atoms with E-state index in [2.05, 4.69) is 18.2 Å². The minimum Gasteiger partial charge on any atom is -0.294 e. The maximum absolute atomic E-state index is 12.5. The molecule has 5 aromatic carbocycles. The first kappa shape index (κ1) is 16.6. The molecule has 0 aromatic heterocycles. The fourth-order valence-corrected chi connectivity index (χ4v) is 4.63. The van der Waals surface area contributed by atoms with Gasteiger partial charge >= 0.3 is 0 Å². The molecule has 0 amide bonds. The molecule has 130 valence electrons. The summed E-state index contributed by atoms with van der Waals surface area (Å²) in [6.07, 6.45) is 0. The minimum absolute atomic E-state index is 0.0253. The molecule has 0 saturated carbocycles. The third kappa shape index (κ3) is 2.36. The fourth-order valence-electron chi connectivity index (χ4n) is 4.08. The van der Waals surface area contributed by atoms with Crippen molar-refractivity contribution in [2.75, 3.05) is 0 Å². The van der Waals surface area contributed by atoms with E-state index in [1.807, 2.05) is 48.5 Å². The normalized spacial score (nSPS) is 11.7. The van der Waals surface area contributed by atoms with Crippen LogP contribution in [-0.4, -0.2) is 5.78 Å². The van der Waals surface area contributed by atoms with Crippen molar-refractivity contribution in [2.45, 2.75) is 6.92 Å². The highest BCUT2D eigenvalue weighted by atomic mass is 35.5. The third-order valence-electron chi connectivity index (χ3n) is 5.24. The Labute approximate surface area is 166 Å². The molecule has 0 spiro atoms. The molecule has 5 aromatic rings. The van der Waals surface area contributed by atoms with E-state index in [-0.39, 0.29) is 5.78 Å². The fraction of sp³-hybridized carbons (Fsp3) is 0.0417. The average Bonchev–Trinajstić information content (AvgIpc) is 2.66. The van der Waals surface area contributed by atoms with Gasteiger partial charge in [-0.1, -0.05) is 71.7 Å². The lowest BCUT2D eigenvalue weighted by Gasteiger charge is -2.18. The Bertz CT molecular complexity index is 1370. The molecule has 0 aliphatic heterocycles. The topological polar surface area (TPSA) is 17.1 Å². The van der Waals surface area contributed by atoms with Crippen molar-refractivity contribution in [3.63, 3.8) is 0 Å². The van der Waals surface area contributed by atoms with E-state index in [0.717, 1.165) is 43.4 Å². The first-order valence-corrected chi connectivity index (χ1v) is 9.47. The van der Waals surface area contributed by atoms with Gasteiger partial charge in [0.1, 0.15) is 0 Å². The van der Waals surface area contributed by atoms with Crippen LogP contribution in [0.1, 0.15) is 17.3 Å². The van der Waals surface area contributed by atoms with Gasteiger partial charge in [0.15, 0.2) is 5.78 Å². The van der Waals surface area contributed by atoms with Crippen LogP contribution in [-0.2, 0) is 0 Å². The van der Waals surface area contributed by atoms with Gasteiger partial charge in [-0.2, -0.15) is 0 Å². The minimum atomic E-state index is 0.0253. The van der Waals surface area contributed by atoms with Crippen molar-refractivity contribution >= 4 is 61.3 Å². The van der Waals surface area contributed by atoms with Gasteiger partial charge < -0.3 is 0 Å². The summed E-state index contributed by atoms with van der Waals surface area (Å²) in [5, 5.41) is 7.53. The number of ketones is 1. The van der Waals surface area contributed by atoms with Crippen LogP contribution in [0.25, 0.3) is 43.4 Å². The summed E-state index contributed by atoms with van der Waals surface area (Å²) in [5.74, 6) is 0.0253. The van der Waals surface area contributed by atoms with Crippen molar-refractivity contribution < 1.29 is 4.79 Å². The number of halogens is 2. The number of benzene rings is 5. The summed E-state index contributed by atoms with van der Waals surface area (Å²) in [5.41, 5.74) is 2.45. The summed E-state index contributed by atoms with van der Waals surface area (Å²) in [6, 6.07) is 21.9. The number of hydrogen-bond acceptors (Lipinski definition) is 1. The molecule has 0 saturated heterocycles. The van der Waals surface area contributed by atoms with Crippen molar-refractivity contribution in [2.24, 2.45) is 0 Å². The Hall–Kier alpha value is -2.61. The lowest BCUT2D eigenvalue weighted by Crippen LogP contribution is -1.98. The summed E-state index contributed by atoms with van der Waals surface area (Å²) >= 11 is 13.3. The van der Waals surface area contributed by atoms with Gasteiger partial charge in [0, 0.05) is 31.9 Å². The van der Waals surface area contributed by atoms with Gasteiger partial charge in [0.25, 0.3) is 0 Å². The van der Waals surface area contributed by atoms with Gasteiger partial charge in [-0.05, 0) is 52.2 Å². The van der Waals surface area contributed by atoms with Crippen LogP contribution < -0.4 is 0 Å². The zero-order chi connectivity index (χ0) is 18.7. The Kier molecular flexibility index (Phi) is 3.65. The molecule has 5 rings (SSSR count). The highest BCUT2D eigenvalue weighted by Gasteiger charge is 2.20. The Morgan fingerprint density at radius 1 is 0.704 bits per heavy atom. The maximum Gasteiger partial charge on any atom is 0.160 e. The summed E-state index contributed by atoms with van der Waals surface area (Å²) in [7, 11) is 0. The summed E-state index contributed by atoms with van der Waals surface area (Å²) < 4.78 is 0. The number of hydrogen-bond donors (Lipinski definition) is 0. The van der Waals surface area contributed by atoms with Crippen LogP contribution in [0.2, 0.25) is 10.0 Å². The average molecular weight is 389 g/mol. The first-order valence-electron chi connectivity index (χ1n) is 8.72. The van der Waals surface area contributed by atoms with Crippen molar-refractivity contribution in [3.8, 4) is 11.1 Å². The molecule has 0 N–H and O–H groups in total. The van der Waals surface area contributed by atoms with E-state index in [0.29, 0.717) is 15.6 Å². The Balaban J connectivity index is 2.11. The molecule has 0 atom stereocenters. The highest BCUT2D eigenvalue weighted by Crippen LogP contribution is 2.45. The second-order valence-corrected chi connectivity index (χ2v) is 7.62. The van der Waals surface area contributed by atoms with Gasteiger partial charge in [-0.15, -0.1) is 0 Å². The van der Waals surface area contributed by atoms with Gasteiger partial charge in [0.05, 0.1) is 0 Å². The number of rotatable bonds is 2. The molecule has 3 heteroatoms.